The number of hydrogen-bond donors (Lipinski definition) is 2. The van der Waals surface area contributed by atoms with Crippen LogP contribution in [0.2, 0.25) is 0 Å². The predicted molar refractivity (Wildman–Crippen MR) is 105 cm³/mol. The SMILES string of the molecule is Cc1cc(OCCCCO)cc(C)c1NC(=O)C1OC(C)(C)OCC1(C)C. The molecule has 152 valence electrons. The van der Waals surface area contributed by atoms with Crippen molar-refractivity contribution in [3.8, 4) is 5.75 Å². The number of rotatable bonds is 7. The Hall–Kier alpha value is -1.63. The Labute approximate surface area is 162 Å². The molecule has 0 spiro atoms. The maximum absolute atomic E-state index is 13.0. The van der Waals surface area contributed by atoms with Gasteiger partial charge in [0, 0.05) is 17.7 Å². The van der Waals surface area contributed by atoms with E-state index in [0.29, 0.717) is 13.2 Å². The molecule has 1 unspecified atom stereocenters. The van der Waals surface area contributed by atoms with Gasteiger partial charge in [-0.2, -0.15) is 0 Å². The Morgan fingerprint density at radius 3 is 2.44 bits per heavy atom. The van der Waals surface area contributed by atoms with E-state index in [1.54, 1.807) is 0 Å². The highest BCUT2D eigenvalue weighted by atomic mass is 16.7. The van der Waals surface area contributed by atoms with Crippen LogP contribution in [0.3, 0.4) is 0 Å². The quantitative estimate of drug-likeness (QED) is 0.708. The second-order valence-corrected chi connectivity index (χ2v) is 8.38. The van der Waals surface area contributed by atoms with Gasteiger partial charge in [0.2, 0.25) is 0 Å². The fourth-order valence-corrected chi connectivity index (χ4v) is 3.12. The molecule has 1 atom stereocenters. The van der Waals surface area contributed by atoms with Crippen molar-refractivity contribution < 1.29 is 24.1 Å². The number of carbonyl (C=O) groups is 1. The average Bonchev–Trinajstić information content (AvgIpc) is 2.57. The first-order valence-electron chi connectivity index (χ1n) is 9.53. The fourth-order valence-electron chi connectivity index (χ4n) is 3.12. The summed E-state index contributed by atoms with van der Waals surface area (Å²) in [5.41, 5.74) is 2.23. The molecule has 1 heterocycles. The number of aryl methyl sites for hydroxylation is 2. The van der Waals surface area contributed by atoms with E-state index in [4.69, 9.17) is 19.3 Å². The molecular formula is C21H33NO5. The number of unbranched alkanes of at least 4 members (excludes halogenated alkanes) is 1. The molecule has 0 saturated carbocycles. The van der Waals surface area contributed by atoms with Crippen molar-refractivity contribution in [3.63, 3.8) is 0 Å². The van der Waals surface area contributed by atoms with Crippen molar-refractivity contribution in [1.29, 1.82) is 0 Å². The number of amides is 1. The van der Waals surface area contributed by atoms with Crippen LogP contribution in [0.1, 0.15) is 51.7 Å². The maximum atomic E-state index is 13.0. The van der Waals surface area contributed by atoms with E-state index in [0.717, 1.165) is 35.4 Å². The Balaban J connectivity index is 2.10. The lowest BCUT2D eigenvalue weighted by molar-refractivity contribution is -0.303. The lowest BCUT2D eigenvalue weighted by Gasteiger charge is -2.44. The topological polar surface area (TPSA) is 77.0 Å². The molecule has 1 amide bonds. The van der Waals surface area contributed by atoms with Crippen LogP contribution in [0.4, 0.5) is 5.69 Å². The number of hydrogen-bond acceptors (Lipinski definition) is 5. The molecule has 0 aromatic heterocycles. The number of carbonyl (C=O) groups excluding carboxylic acids is 1. The van der Waals surface area contributed by atoms with E-state index in [-0.39, 0.29) is 12.5 Å². The first kappa shape index (κ1) is 21.7. The van der Waals surface area contributed by atoms with E-state index in [2.05, 4.69) is 5.32 Å². The van der Waals surface area contributed by atoms with E-state index < -0.39 is 17.3 Å². The molecule has 0 bridgehead atoms. The monoisotopic (exact) mass is 379 g/mol. The predicted octanol–water partition coefficient (Wildman–Crippen LogP) is 3.57. The normalized spacial score (nSPS) is 20.9. The number of ether oxygens (including phenoxy) is 3. The molecule has 1 aliphatic rings. The summed E-state index contributed by atoms with van der Waals surface area (Å²) in [6, 6.07) is 3.84. The lowest BCUT2D eigenvalue weighted by atomic mass is 9.85. The second-order valence-electron chi connectivity index (χ2n) is 8.38. The van der Waals surface area contributed by atoms with Crippen LogP contribution in [0.15, 0.2) is 12.1 Å². The number of aliphatic hydroxyl groups excluding tert-OH is 1. The van der Waals surface area contributed by atoms with Gasteiger partial charge >= 0.3 is 0 Å². The van der Waals surface area contributed by atoms with Crippen LogP contribution in [-0.2, 0) is 14.3 Å². The van der Waals surface area contributed by atoms with E-state index >= 15 is 0 Å². The summed E-state index contributed by atoms with van der Waals surface area (Å²) < 4.78 is 17.4. The highest BCUT2D eigenvalue weighted by Crippen LogP contribution is 2.36. The molecule has 1 fully saturated rings. The molecule has 1 saturated heterocycles. The van der Waals surface area contributed by atoms with Gasteiger partial charge in [-0.05, 0) is 63.8 Å². The summed E-state index contributed by atoms with van der Waals surface area (Å²) in [5, 5.41) is 11.9. The van der Waals surface area contributed by atoms with Gasteiger partial charge in [0.25, 0.3) is 5.91 Å². The molecule has 0 aliphatic carbocycles. The Morgan fingerprint density at radius 1 is 1.22 bits per heavy atom. The molecule has 6 heteroatoms. The average molecular weight is 379 g/mol. The van der Waals surface area contributed by atoms with Crippen molar-refractivity contribution in [2.75, 3.05) is 25.1 Å². The Kier molecular flexibility index (Phi) is 6.89. The molecule has 1 aromatic rings. The van der Waals surface area contributed by atoms with E-state index in [9.17, 15) is 4.79 Å². The third-order valence-electron chi connectivity index (χ3n) is 4.72. The molecule has 2 rings (SSSR count). The number of anilines is 1. The Morgan fingerprint density at radius 2 is 1.85 bits per heavy atom. The van der Waals surface area contributed by atoms with Crippen LogP contribution in [0, 0.1) is 19.3 Å². The Bertz CT molecular complexity index is 646. The van der Waals surface area contributed by atoms with Crippen molar-refractivity contribution in [2.24, 2.45) is 5.41 Å². The van der Waals surface area contributed by atoms with Crippen LogP contribution < -0.4 is 10.1 Å². The van der Waals surface area contributed by atoms with Crippen LogP contribution in [-0.4, -0.2) is 42.7 Å². The molecule has 1 aliphatic heterocycles. The minimum absolute atomic E-state index is 0.167. The van der Waals surface area contributed by atoms with Crippen molar-refractivity contribution in [1.82, 2.24) is 0 Å². The van der Waals surface area contributed by atoms with Gasteiger partial charge in [-0.25, -0.2) is 0 Å². The molecule has 27 heavy (non-hydrogen) atoms. The zero-order valence-electron chi connectivity index (χ0n) is 17.3. The van der Waals surface area contributed by atoms with Gasteiger partial charge in [0.05, 0.1) is 13.2 Å². The van der Waals surface area contributed by atoms with Crippen LogP contribution in [0.25, 0.3) is 0 Å². The second kappa shape index (κ2) is 8.59. The van der Waals surface area contributed by atoms with Gasteiger partial charge in [0.1, 0.15) is 11.9 Å². The number of aliphatic hydroxyl groups is 1. The van der Waals surface area contributed by atoms with Gasteiger partial charge < -0.3 is 24.6 Å². The largest absolute Gasteiger partial charge is 0.494 e. The maximum Gasteiger partial charge on any atom is 0.254 e. The molecule has 0 radical (unpaired) electrons. The van der Waals surface area contributed by atoms with Gasteiger partial charge in [-0.3, -0.25) is 4.79 Å². The molecule has 6 nitrogen and oxygen atoms in total. The van der Waals surface area contributed by atoms with Crippen molar-refractivity contribution >= 4 is 11.6 Å². The summed E-state index contributed by atoms with van der Waals surface area (Å²) in [6.07, 6.45) is 0.928. The minimum Gasteiger partial charge on any atom is -0.494 e. The summed E-state index contributed by atoms with van der Waals surface area (Å²) in [6.45, 7) is 12.7. The number of nitrogens with one attached hydrogen (secondary N) is 1. The van der Waals surface area contributed by atoms with Crippen LogP contribution in [0.5, 0.6) is 5.75 Å². The zero-order chi connectivity index (χ0) is 20.2. The highest BCUT2D eigenvalue weighted by Gasteiger charge is 2.45. The lowest BCUT2D eigenvalue weighted by Crippen LogP contribution is -2.55. The van der Waals surface area contributed by atoms with Crippen molar-refractivity contribution in [3.05, 3.63) is 23.3 Å². The third-order valence-corrected chi connectivity index (χ3v) is 4.72. The van der Waals surface area contributed by atoms with E-state index in [1.807, 2.05) is 53.7 Å². The zero-order valence-corrected chi connectivity index (χ0v) is 17.3. The van der Waals surface area contributed by atoms with E-state index in [1.165, 1.54) is 0 Å². The van der Waals surface area contributed by atoms with Crippen molar-refractivity contribution in [2.45, 2.75) is 66.3 Å². The van der Waals surface area contributed by atoms with Gasteiger partial charge in [0.15, 0.2) is 5.79 Å². The smallest absolute Gasteiger partial charge is 0.254 e. The van der Waals surface area contributed by atoms with Crippen LogP contribution >= 0.6 is 0 Å². The first-order valence-corrected chi connectivity index (χ1v) is 9.53. The summed E-state index contributed by atoms with van der Waals surface area (Å²) in [5.74, 6) is -0.183. The van der Waals surface area contributed by atoms with Gasteiger partial charge in [-0.1, -0.05) is 13.8 Å². The molecular weight excluding hydrogens is 346 g/mol. The third kappa shape index (κ3) is 5.67. The van der Waals surface area contributed by atoms with Gasteiger partial charge in [-0.15, -0.1) is 0 Å². The summed E-state index contributed by atoms with van der Waals surface area (Å²) in [4.78, 5) is 13.0. The number of benzene rings is 1. The molecule has 2 N–H and O–H groups in total. The standard InChI is InChI=1S/C21H33NO5/c1-14-11-16(25-10-8-7-9-23)12-15(2)17(14)22-19(24)18-20(3,4)13-26-21(5,6)27-18/h11-12,18,23H,7-10,13H2,1-6H3,(H,22,24). The summed E-state index contributed by atoms with van der Waals surface area (Å²) >= 11 is 0. The minimum atomic E-state index is -0.784. The first-order chi connectivity index (χ1) is 12.6. The highest BCUT2D eigenvalue weighted by molar-refractivity contribution is 5.96. The summed E-state index contributed by atoms with van der Waals surface area (Å²) in [7, 11) is 0. The molecule has 1 aromatic carbocycles. The fraction of sp³-hybridized carbons (Fsp3) is 0.667.